The van der Waals surface area contributed by atoms with E-state index in [0.717, 1.165) is 39.4 Å². The van der Waals surface area contributed by atoms with Gasteiger partial charge in [0.25, 0.3) is 0 Å². The number of nitrogens with zero attached hydrogens (tertiary/aromatic N) is 4. The lowest BCUT2D eigenvalue weighted by Gasteiger charge is -2.39. The molecule has 0 aliphatic carbocycles. The van der Waals surface area contributed by atoms with Gasteiger partial charge in [0.15, 0.2) is 20.2 Å². The van der Waals surface area contributed by atoms with E-state index in [9.17, 15) is 0 Å². The SMILES string of the molecule is COc1ccc(C(OC[C@H]2C[C@@H](O[Si](C)(C)C(C)(C)C)[C@H](n3cnc4c(/C=C/c5ccccc5)ncnc43)O2)(c2ccccc2)c2ccc(OC)cc2)cc1. The van der Waals surface area contributed by atoms with Crippen LogP contribution in [0.15, 0.2) is 122 Å². The minimum atomic E-state index is -2.24. The largest absolute Gasteiger partial charge is 0.497 e. The van der Waals surface area contributed by atoms with Crippen molar-refractivity contribution in [3.05, 3.63) is 150 Å². The fourth-order valence-electron chi connectivity index (χ4n) is 6.94. The Morgan fingerprint density at radius 3 is 1.91 bits per heavy atom. The molecule has 1 fully saturated rings. The molecule has 2 aromatic heterocycles. The van der Waals surface area contributed by atoms with Crippen molar-refractivity contribution in [2.24, 2.45) is 0 Å². The summed E-state index contributed by atoms with van der Waals surface area (Å²) >= 11 is 0. The molecule has 4 aromatic carbocycles. The van der Waals surface area contributed by atoms with E-state index in [2.05, 4.69) is 87.4 Å². The number of aromatic nitrogens is 4. The monoisotopic (exact) mass is 754 g/mol. The van der Waals surface area contributed by atoms with Gasteiger partial charge >= 0.3 is 0 Å². The summed E-state index contributed by atoms with van der Waals surface area (Å²) in [7, 11) is 1.11. The Labute approximate surface area is 325 Å². The number of rotatable bonds is 13. The zero-order valence-electron chi connectivity index (χ0n) is 32.7. The first kappa shape index (κ1) is 38.2. The van der Waals surface area contributed by atoms with Gasteiger partial charge in [-0.15, -0.1) is 0 Å². The maximum atomic E-state index is 7.30. The van der Waals surface area contributed by atoms with Gasteiger partial charge in [0.05, 0.1) is 45.1 Å². The van der Waals surface area contributed by atoms with Crippen LogP contribution in [0.5, 0.6) is 11.5 Å². The lowest BCUT2D eigenvalue weighted by Crippen LogP contribution is -2.45. The number of ether oxygens (including phenoxy) is 4. The van der Waals surface area contributed by atoms with Crippen molar-refractivity contribution in [3.63, 3.8) is 0 Å². The third-order valence-electron chi connectivity index (χ3n) is 11.0. The van der Waals surface area contributed by atoms with Gasteiger partial charge in [0.1, 0.15) is 28.9 Å². The van der Waals surface area contributed by atoms with Crippen molar-refractivity contribution >= 4 is 31.6 Å². The Bertz CT molecular complexity index is 2150. The fraction of sp³-hybridized carbons (Fsp3) is 0.311. The summed E-state index contributed by atoms with van der Waals surface area (Å²) in [6, 6.07) is 36.6. The molecule has 284 valence electrons. The zero-order chi connectivity index (χ0) is 38.6. The summed E-state index contributed by atoms with van der Waals surface area (Å²) in [6.07, 6.45) is 6.97. The summed E-state index contributed by atoms with van der Waals surface area (Å²) in [6.45, 7) is 11.6. The quantitative estimate of drug-likeness (QED) is 0.0851. The highest BCUT2D eigenvalue weighted by Gasteiger charge is 2.47. The molecule has 0 saturated carbocycles. The van der Waals surface area contributed by atoms with E-state index in [1.165, 1.54) is 0 Å². The first-order valence-electron chi connectivity index (χ1n) is 18.7. The molecule has 1 aliphatic heterocycles. The van der Waals surface area contributed by atoms with E-state index >= 15 is 0 Å². The van der Waals surface area contributed by atoms with Crippen molar-refractivity contribution in [3.8, 4) is 11.5 Å². The smallest absolute Gasteiger partial charge is 0.192 e. The summed E-state index contributed by atoms with van der Waals surface area (Å²) in [4.78, 5) is 14.1. The lowest BCUT2D eigenvalue weighted by molar-refractivity contribution is -0.0841. The fourth-order valence-corrected chi connectivity index (χ4v) is 8.26. The van der Waals surface area contributed by atoms with Crippen molar-refractivity contribution in [1.82, 2.24) is 19.5 Å². The van der Waals surface area contributed by atoms with Gasteiger partial charge in [-0.2, -0.15) is 0 Å². The molecule has 0 N–H and O–H groups in total. The van der Waals surface area contributed by atoms with Crippen LogP contribution in [-0.2, 0) is 19.5 Å². The summed E-state index contributed by atoms with van der Waals surface area (Å²) in [5.41, 5.74) is 5.13. The molecule has 6 aromatic rings. The Hall–Kier alpha value is -5.13. The summed E-state index contributed by atoms with van der Waals surface area (Å²) in [5.74, 6) is 1.53. The second kappa shape index (κ2) is 15.9. The standard InChI is InChI=1S/C45H50N4O5Si/c1-44(2,3)55(6,7)54-40-28-38(53-43(40)49-31-48-41-39(46-30-47-42(41)49)27-18-32-14-10-8-11-15-32)29-52-45(33-16-12-9-13-17-33,34-19-23-36(50-4)24-20-34)35-21-25-37(51-5)26-22-35/h8-27,30-31,38,40,43H,28-29H2,1-7H3/b27-18+/t38-,40-,43-/m1/s1. The van der Waals surface area contributed by atoms with Crippen LogP contribution in [0.2, 0.25) is 18.1 Å². The first-order valence-corrected chi connectivity index (χ1v) is 21.7. The highest BCUT2D eigenvalue weighted by molar-refractivity contribution is 6.74. The van der Waals surface area contributed by atoms with Gasteiger partial charge in [-0.3, -0.25) is 4.57 Å². The van der Waals surface area contributed by atoms with Gasteiger partial charge in [-0.25, -0.2) is 15.0 Å². The molecule has 3 heterocycles. The van der Waals surface area contributed by atoms with E-state index in [4.69, 9.17) is 33.3 Å². The Morgan fingerprint density at radius 2 is 1.33 bits per heavy atom. The Balaban J connectivity index is 1.26. The molecular formula is C45H50N4O5Si. The second-order valence-corrected chi connectivity index (χ2v) is 20.2. The third kappa shape index (κ3) is 7.86. The number of benzene rings is 4. The van der Waals surface area contributed by atoms with Crippen LogP contribution in [-0.4, -0.2) is 60.9 Å². The molecule has 0 amide bonds. The van der Waals surface area contributed by atoms with Crippen LogP contribution in [0, 0.1) is 0 Å². The van der Waals surface area contributed by atoms with Crippen molar-refractivity contribution in [1.29, 1.82) is 0 Å². The average molecular weight is 755 g/mol. The Morgan fingerprint density at radius 1 is 0.745 bits per heavy atom. The zero-order valence-corrected chi connectivity index (χ0v) is 33.7. The van der Waals surface area contributed by atoms with Crippen LogP contribution in [0.4, 0.5) is 0 Å². The summed E-state index contributed by atoms with van der Waals surface area (Å²) in [5, 5.41) is -0.00803. The number of hydrogen-bond donors (Lipinski definition) is 0. The number of imidazole rings is 1. The molecule has 1 saturated heterocycles. The second-order valence-electron chi connectivity index (χ2n) is 15.4. The highest BCUT2D eigenvalue weighted by Crippen LogP contribution is 2.45. The van der Waals surface area contributed by atoms with E-state index in [0.29, 0.717) is 17.6 Å². The molecule has 1 aliphatic rings. The molecule has 0 bridgehead atoms. The predicted molar refractivity (Wildman–Crippen MR) is 220 cm³/mol. The van der Waals surface area contributed by atoms with Gasteiger partial charge in [0, 0.05) is 6.42 Å². The normalized spacial score (nSPS) is 17.9. The predicted octanol–water partition coefficient (Wildman–Crippen LogP) is 9.70. The van der Waals surface area contributed by atoms with Crippen LogP contribution >= 0.6 is 0 Å². The number of hydrogen-bond acceptors (Lipinski definition) is 8. The van der Waals surface area contributed by atoms with E-state index < -0.39 is 20.1 Å². The molecule has 10 heteroatoms. The van der Waals surface area contributed by atoms with Gasteiger partial charge < -0.3 is 23.4 Å². The number of methoxy groups -OCH3 is 2. The molecule has 7 rings (SSSR count). The maximum absolute atomic E-state index is 7.30. The third-order valence-corrected chi connectivity index (χ3v) is 15.5. The van der Waals surface area contributed by atoms with E-state index in [1.54, 1.807) is 26.9 Å². The lowest BCUT2D eigenvalue weighted by atomic mass is 9.80. The van der Waals surface area contributed by atoms with Crippen molar-refractivity contribution < 1.29 is 23.4 Å². The van der Waals surface area contributed by atoms with Gasteiger partial charge in [-0.05, 0) is 70.7 Å². The Kier molecular flexibility index (Phi) is 11.0. The first-order chi connectivity index (χ1) is 26.5. The molecule has 0 spiro atoms. The molecule has 0 radical (unpaired) electrons. The van der Waals surface area contributed by atoms with E-state index in [-0.39, 0.29) is 23.9 Å². The van der Waals surface area contributed by atoms with E-state index in [1.807, 2.05) is 77.4 Å². The van der Waals surface area contributed by atoms with Crippen molar-refractivity contribution in [2.75, 3.05) is 20.8 Å². The van der Waals surface area contributed by atoms with Crippen LogP contribution < -0.4 is 9.47 Å². The van der Waals surface area contributed by atoms with Gasteiger partial charge in [0.2, 0.25) is 0 Å². The van der Waals surface area contributed by atoms with Crippen LogP contribution in [0.1, 0.15) is 61.4 Å². The topological polar surface area (TPSA) is 89.8 Å². The molecule has 55 heavy (non-hydrogen) atoms. The number of fused-ring (bicyclic) bond motifs is 1. The minimum absolute atomic E-state index is 0.00803. The molecular weight excluding hydrogens is 705 g/mol. The maximum Gasteiger partial charge on any atom is 0.192 e. The molecule has 3 atom stereocenters. The average Bonchev–Trinajstić information content (AvgIpc) is 3.82. The highest BCUT2D eigenvalue weighted by atomic mass is 28.4. The molecule has 0 unspecified atom stereocenters. The van der Waals surface area contributed by atoms with Crippen molar-refractivity contribution in [2.45, 2.75) is 69.4 Å². The summed E-state index contributed by atoms with van der Waals surface area (Å²) < 4.78 is 34.6. The van der Waals surface area contributed by atoms with Gasteiger partial charge in [-0.1, -0.05) is 112 Å². The van der Waals surface area contributed by atoms with Crippen LogP contribution in [0.3, 0.4) is 0 Å². The van der Waals surface area contributed by atoms with Crippen LogP contribution in [0.25, 0.3) is 23.3 Å². The molecule has 9 nitrogen and oxygen atoms in total. The minimum Gasteiger partial charge on any atom is -0.497 e.